The Balaban J connectivity index is 1.42. The van der Waals surface area contributed by atoms with Gasteiger partial charge in [0.05, 0.1) is 18.8 Å². The van der Waals surface area contributed by atoms with Crippen LogP contribution in [-0.4, -0.2) is 37.4 Å². The monoisotopic (exact) mass is 462 g/mol. The van der Waals surface area contributed by atoms with Crippen LogP contribution in [0.4, 0.5) is 0 Å². The smallest absolute Gasteiger partial charge is 0.303 e. The number of hydrogen-bond donors (Lipinski definition) is 1. The number of carboxylic acid groups (broad SMARTS) is 1. The number of carbonyl (C=O) groups is 1. The van der Waals surface area contributed by atoms with Crippen LogP contribution in [0.2, 0.25) is 0 Å². The number of nitrogens with zero attached hydrogens (tertiary/aromatic N) is 4. The summed E-state index contributed by atoms with van der Waals surface area (Å²) < 4.78 is 18.9. The summed E-state index contributed by atoms with van der Waals surface area (Å²) in [5.41, 5.74) is 3.12. The summed E-state index contributed by atoms with van der Waals surface area (Å²) in [6.45, 7) is 4.80. The van der Waals surface area contributed by atoms with Gasteiger partial charge < -0.3 is 19.0 Å². The van der Waals surface area contributed by atoms with Crippen molar-refractivity contribution in [1.29, 1.82) is 0 Å². The van der Waals surface area contributed by atoms with E-state index in [0.717, 1.165) is 16.8 Å². The predicted octanol–water partition coefficient (Wildman–Crippen LogP) is 4.28. The lowest BCUT2D eigenvalue weighted by atomic mass is 10.2. The number of aromatic nitrogens is 4. The Morgan fingerprint density at radius 3 is 2.68 bits per heavy atom. The molecule has 0 aliphatic heterocycles. The van der Waals surface area contributed by atoms with Gasteiger partial charge in [-0.2, -0.15) is 0 Å². The molecule has 0 saturated carbocycles. The number of benzene rings is 1. The number of oxazole rings is 1. The molecule has 1 N–H and O–H groups in total. The highest BCUT2D eigenvalue weighted by molar-refractivity contribution is 5.67. The largest absolute Gasteiger partial charge is 0.481 e. The van der Waals surface area contributed by atoms with Gasteiger partial charge in [-0.25, -0.2) is 9.97 Å². The van der Waals surface area contributed by atoms with Crippen LogP contribution in [0.3, 0.4) is 0 Å². The molecule has 176 valence electrons. The minimum atomic E-state index is -0.861. The highest BCUT2D eigenvalue weighted by atomic mass is 16.5. The maximum absolute atomic E-state index is 10.9. The molecule has 0 spiro atoms. The summed E-state index contributed by atoms with van der Waals surface area (Å²) in [5, 5.41) is 13.4. The van der Waals surface area contributed by atoms with Gasteiger partial charge in [0.25, 0.3) is 0 Å². The summed E-state index contributed by atoms with van der Waals surface area (Å²) in [7, 11) is 0. The molecule has 0 unspecified atom stereocenters. The molecule has 0 amide bonds. The van der Waals surface area contributed by atoms with Crippen LogP contribution in [0.15, 0.2) is 59.1 Å². The average molecular weight is 463 g/mol. The molecular formula is C25H26N4O5. The second-order valence-corrected chi connectivity index (χ2v) is 7.63. The zero-order valence-electron chi connectivity index (χ0n) is 19.1. The van der Waals surface area contributed by atoms with Crippen LogP contribution in [0.25, 0.3) is 11.5 Å². The summed E-state index contributed by atoms with van der Waals surface area (Å²) in [5.74, 6) is 1.31. The van der Waals surface area contributed by atoms with Gasteiger partial charge in [0.15, 0.2) is 0 Å². The molecular weight excluding hydrogens is 436 g/mol. The molecule has 3 aromatic heterocycles. The normalized spacial score (nSPS) is 10.9. The van der Waals surface area contributed by atoms with Gasteiger partial charge in [0, 0.05) is 29.8 Å². The predicted molar refractivity (Wildman–Crippen MR) is 124 cm³/mol. The van der Waals surface area contributed by atoms with Crippen LogP contribution in [0, 0.1) is 6.92 Å². The highest BCUT2D eigenvalue weighted by Gasteiger charge is 2.14. The van der Waals surface area contributed by atoms with Crippen LogP contribution < -0.4 is 9.47 Å². The van der Waals surface area contributed by atoms with Crippen LogP contribution in [0.5, 0.6) is 11.8 Å². The molecule has 3 heterocycles. The Labute approximate surface area is 197 Å². The summed E-state index contributed by atoms with van der Waals surface area (Å²) in [4.78, 5) is 20.0. The zero-order valence-corrected chi connectivity index (χ0v) is 19.1. The van der Waals surface area contributed by atoms with Gasteiger partial charge in [-0.15, -0.1) is 5.10 Å². The third-order valence-electron chi connectivity index (χ3n) is 5.06. The van der Waals surface area contributed by atoms with E-state index in [0.29, 0.717) is 48.7 Å². The molecule has 4 aromatic rings. The minimum absolute atomic E-state index is 0.0147. The van der Waals surface area contributed by atoms with Crippen LogP contribution >= 0.6 is 0 Å². The Bertz CT molecular complexity index is 1250. The van der Waals surface area contributed by atoms with E-state index in [1.807, 2.05) is 56.3 Å². The SMILES string of the molecule is CCOc1nn(Cc2cccc(OCc3nc(-c4ccccc4)oc3C)n2)cc1CCC(=O)O. The lowest BCUT2D eigenvalue weighted by molar-refractivity contribution is -0.136. The maximum atomic E-state index is 10.9. The van der Waals surface area contributed by atoms with Crippen molar-refractivity contribution in [3.05, 3.63) is 77.4 Å². The van der Waals surface area contributed by atoms with Crippen molar-refractivity contribution in [2.45, 2.75) is 39.8 Å². The number of ether oxygens (including phenoxy) is 2. The molecule has 0 atom stereocenters. The van der Waals surface area contributed by atoms with Crippen LogP contribution in [0.1, 0.15) is 36.1 Å². The van der Waals surface area contributed by atoms with Gasteiger partial charge in [0.2, 0.25) is 17.7 Å². The van der Waals surface area contributed by atoms with E-state index in [1.54, 1.807) is 16.9 Å². The first-order chi connectivity index (χ1) is 16.5. The number of hydrogen-bond acceptors (Lipinski definition) is 7. The standard InChI is InChI=1S/C25H26N4O5/c1-3-32-25-19(12-13-23(30)31)14-29(28-25)15-20-10-7-11-22(26-20)33-16-21-17(2)34-24(27-21)18-8-5-4-6-9-18/h4-11,14H,3,12-13,15-16H2,1-2H3,(H,30,31). The van der Waals surface area contributed by atoms with Crippen molar-refractivity contribution in [2.75, 3.05) is 6.61 Å². The first kappa shape index (κ1) is 23.0. The third kappa shape index (κ3) is 5.80. The van der Waals surface area contributed by atoms with Crippen LogP contribution in [-0.2, 0) is 24.4 Å². The number of pyridine rings is 1. The Kier molecular flexibility index (Phi) is 7.22. The molecule has 0 bridgehead atoms. The molecule has 9 nitrogen and oxygen atoms in total. The van der Waals surface area contributed by atoms with E-state index in [9.17, 15) is 4.79 Å². The summed E-state index contributed by atoms with van der Waals surface area (Å²) in [6.07, 6.45) is 2.16. The molecule has 4 rings (SSSR count). The third-order valence-corrected chi connectivity index (χ3v) is 5.06. The Morgan fingerprint density at radius 1 is 1.09 bits per heavy atom. The summed E-state index contributed by atoms with van der Waals surface area (Å²) in [6, 6.07) is 15.2. The van der Waals surface area contributed by atoms with E-state index in [-0.39, 0.29) is 13.0 Å². The molecule has 0 aliphatic rings. The van der Waals surface area contributed by atoms with Crippen molar-refractivity contribution >= 4 is 5.97 Å². The lowest BCUT2D eigenvalue weighted by Gasteiger charge is -2.06. The fourth-order valence-electron chi connectivity index (χ4n) is 3.40. The zero-order chi connectivity index (χ0) is 23.9. The van der Waals surface area contributed by atoms with Crippen molar-refractivity contribution in [3.63, 3.8) is 0 Å². The van der Waals surface area contributed by atoms with Gasteiger partial charge in [0.1, 0.15) is 18.1 Å². The number of aliphatic carboxylic acids is 1. The first-order valence-electron chi connectivity index (χ1n) is 11.0. The molecule has 34 heavy (non-hydrogen) atoms. The number of aryl methyl sites for hydroxylation is 2. The van der Waals surface area contributed by atoms with Gasteiger partial charge in [-0.1, -0.05) is 24.3 Å². The fourth-order valence-corrected chi connectivity index (χ4v) is 3.40. The van der Waals surface area contributed by atoms with E-state index in [2.05, 4.69) is 15.1 Å². The Hall–Kier alpha value is -4.14. The molecule has 0 aliphatic carbocycles. The summed E-state index contributed by atoms with van der Waals surface area (Å²) >= 11 is 0. The number of rotatable bonds is 11. The topological polar surface area (TPSA) is 113 Å². The fraction of sp³-hybridized carbons (Fsp3) is 0.280. The van der Waals surface area contributed by atoms with Gasteiger partial charge in [-0.05, 0) is 38.5 Å². The second-order valence-electron chi connectivity index (χ2n) is 7.63. The number of carboxylic acids is 1. The quantitative estimate of drug-likeness (QED) is 0.351. The minimum Gasteiger partial charge on any atom is -0.481 e. The lowest BCUT2D eigenvalue weighted by Crippen LogP contribution is -2.05. The van der Waals surface area contributed by atoms with E-state index < -0.39 is 5.97 Å². The van der Waals surface area contributed by atoms with Crippen molar-refractivity contribution < 1.29 is 23.8 Å². The van der Waals surface area contributed by atoms with E-state index in [4.69, 9.17) is 19.0 Å². The molecule has 0 saturated heterocycles. The molecule has 9 heteroatoms. The van der Waals surface area contributed by atoms with Crippen molar-refractivity contribution in [3.8, 4) is 23.2 Å². The molecule has 0 fully saturated rings. The highest BCUT2D eigenvalue weighted by Crippen LogP contribution is 2.23. The molecule has 1 aromatic carbocycles. The Morgan fingerprint density at radius 2 is 1.91 bits per heavy atom. The second kappa shape index (κ2) is 10.7. The van der Waals surface area contributed by atoms with Gasteiger partial charge in [-0.3, -0.25) is 9.48 Å². The van der Waals surface area contributed by atoms with Gasteiger partial charge >= 0.3 is 5.97 Å². The van der Waals surface area contributed by atoms with E-state index >= 15 is 0 Å². The van der Waals surface area contributed by atoms with E-state index in [1.165, 1.54) is 0 Å². The maximum Gasteiger partial charge on any atom is 0.303 e. The van der Waals surface area contributed by atoms with Crippen molar-refractivity contribution in [2.24, 2.45) is 0 Å². The first-order valence-corrected chi connectivity index (χ1v) is 11.0. The van der Waals surface area contributed by atoms with Crippen molar-refractivity contribution in [1.82, 2.24) is 19.7 Å². The average Bonchev–Trinajstić information content (AvgIpc) is 3.40. The molecule has 0 radical (unpaired) electrons.